The minimum atomic E-state index is 0.132. The summed E-state index contributed by atoms with van der Waals surface area (Å²) in [6, 6.07) is 14.6. The van der Waals surface area contributed by atoms with Gasteiger partial charge < -0.3 is 10.4 Å². The third kappa shape index (κ3) is 2.52. The van der Waals surface area contributed by atoms with E-state index < -0.39 is 0 Å². The Labute approximate surface area is 137 Å². The van der Waals surface area contributed by atoms with Crippen molar-refractivity contribution in [3.8, 4) is 17.1 Å². The van der Waals surface area contributed by atoms with E-state index in [1.807, 2.05) is 37.3 Å². The highest BCUT2D eigenvalue weighted by atomic mass is 16.3. The molecule has 0 atom stereocenters. The number of H-pyrrole nitrogens is 1. The van der Waals surface area contributed by atoms with Crippen LogP contribution < -0.4 is 5.32 Å². The summed E-state index contributed by atoms with van der Waals surface area (Å²) in [5.74, 6) is 2.28. The molecule has 0 fully saturated rings. The molecule has 7 nitrogen and oxygen atoms in total. The Bertz CT molecular complexity index is 1030. The molecule has 0 amide bonds. The van der Waals surface area contributed by atoms with Crippen LogP contribution in [0.15, 0.2) is 48.5 Å². The van der Waals surface area contributed by atoms with Crippen LogP contribution in [0.2, 0.25) is 0 Å². The van der Waals surface area contributed by atoms with Gasteiger partial charge in [0, 0.05) is 5.39 Å². The van der Waals surface area contributed by atoms with Gasteiger partial charge in [0.2, 0.25) is 5.95 Å². The maximum atomic E-state index is 10.1. The van der Waals surface area contributed by atoms with Gasteiger partial charge in [-0.2, -0.15) is 4.98 Å². The molecular weight excluding hydrogens is 304 g/mol. The fourth-order valence-electron chi connectivity index (χ4n) is 2.46. The molecule has 24 heavy (non-hydrogen) atoms. The number of benzene rings is 2. The predicted octanol–water partition coefficient (Wildman–Crippen LogP) is 3.17. The van der Waals surface area contributed by atoms with Gasteiger partial charge in [-0.3, -0.25) is 5.10 Å². The van der Waals surface area contributed by atoms with Gasteiger partial charge in [0.25, 0.3) is 0 Å². The summed E-state index contributed by atoms with van der Waals surface area (Å²) in [6.45, 7) is 1.82. The molecule has 0 saturated heterocycles. The average molecular weight is 318 g/mol. The van der Waals surface area contributed by atoms with E-state index in [0.29, 0.717) is 29.0 Å². The molecule has 118 valence electrons. The van der Waals surface area contributed by atoms with Gasteiger partial charge in [-0.15, -0.1) is 5.10 Å². The zero-order valence-electron chi connectivity index (χ0n) is 12.9. The minimum absolute atomic E-state index is 0.132. The van der Waals surface area contributed by atoms with E-state index >= 15 is 0 Å². The lowest BCUT2D eigenvalue weighted by Gasteiger charge is -2.09. The average Bonchev–Trinajstić information content (AvgIpc) is 3.00. The molecule has 7 heteroatoms. The predicted molar refractivity (Wildman–Crippen MR) is 91.0 cm³/mol. The highest BCUT2D eigenvalue weighted by Crippen LogP contribution is 2.30. The highest BCUT2D eigenvalue weighted by Gasteiger charge is 2.13. The Kier molecular flexibility index (Phi) is 3.31. The highest BCUT2D eigenvalue weighted by molar-refractivity contribution is 5.92. The first-order valence-electron chi connectivity index (χ1n) is 7.42. The number of aromatic nitrogens is 5. The maximum absolute atomic E-state index is 10.1. The third-order valence-electron chi connectivity index (χ3n) is 3.58. The summed E-state index contributed by atoms with van der Waals surface area (Å²) in [7, 11) is 0. The zero-order chi connectivity index (χ0) is 16.5. The Morgan fingerprint density at radius 1 is 0.958 bits per heavy atom. The van der Waals surface area contributed by atoms with Gasteiger partial charge in [-0.1, -0.05) is 24.3 Å². The lowest BCUT2D eigenvalue weighted by Crippen LogP contribution is -2.00. The molecule has 4 rings (SSSR count). The van der Waals surface area contributed by atoms with Crippen molar-refractivity contribution in [2.75, 3.05) is 5.32 Å². The number of phenolic OH excluding ortho intramolecular Hbond substituents is 1. The van der Waals surface area contributed by atoms with E-state index in [2.05, 4.69) is 30.5 Å². The van der Waals surface area contributed by atoms with E-state index in [4.69, 9.17) is 0 Å². The first-order chi connectivity index (χ1) is 11.7. The van der Waals surface area contributed by atoms with Gasteiger partial charge in [0.15, 0.2) is 5.82 Å². The van der Waals surface area contributed by atoms with E-state index in [1.165, 1.54) is 0 Å². The molecule has 0 saturated carbocycles. The van der Waals surface area contributed by atoms with Gasteiger partial charge in [-0.25, -0.2) is 9.97 Å². The van der Waals surface area contributed by atoms with Crippen molar-refractivity contribution < 1.29 is 5.11 Å². The van der Waals surface area contributed by atoms with Crippen molar-refractivity contribution in [2.45, 2.75) is 6.92 Å². The van der Waals surface area contributed by atoms with Crippen LogP contribution in [0.1, 0.15) is 5.82 Å². The second-order valence-electron chi connectivity index (χ2n) is 5.30. The number of rotatable bonds is 3. The van der Waals surface area contributed by atoms with Crippen molar-refractivity contribution in [3.05, 3.63) is 54.4 Å². The minimum Gasteiger partial charge on any atom is -0.507 e. The number of fused-ring (bicyclic) bond motifs is 1. The molecule has 0 unspecified atom stereocenters. The van der Waals surface area contributed by atoms with Crippen molar-refractivity contribution in [3.63, 3.8) is 0 Å². The molecule has 2 heterocycles. The molecule has 4 aromatic rings. The maximum Gasteiger partial charge on any atom is 0.247 e. The number of nitrogens with one attached hydrogen (secondary N) is 2. The van der Waals surface area contributed by atoms with Crippen LogP contribution in [0.3, 0.4) is 0 Å². The normalized spacial score (nSPS) is 10.9. The second kappa shape index (κ2) is 5.62. The number of phenols is 1. The van der Waals surface area contributed by atoms with Gasteiger partial charge in [0.1, 0.15) is 17.4 Å². The Hall–Kier alpha value is -3.48. The fourth-order valence-corrected chi connectivity index (χ4v) is 2.46. The van der Waals surface area contributed by atoms with E-state index in [1.54, 1.807) is 18.2 Å². The topological polar surface area (TPSA) is 99.6 Å². The molecule has 0 bridgehead atoms. The van der Waals surface area contributed by atoms with E-state index in [9.17, 15) is 5.11 Å². The number of anilines is 2. The summed E-state index contributed by atoms with van der Waals surface area (Å²) in [6.07, 6.45) is 0. The monoisotopic (exact) mass is 318 g/mol. The van der Waals surface area contributed by atoms with Gasteiger partial charge in [0.05, 0.1) is 11.1 Å². The number of para-hydroxylation sites is 2. The van der Waals surface area contributed by atoms with Crippen LogP contribution in [0.25, 0.3) is 22.3 Å². The Morgan fingerprint density at radius 2 is 1.75 bits per heavy atom. The summed E-state index contributed by atoms with van der Waals surface area (Å²) >= 11 is 0. The third-order valence-corrected chi connectivity index (χ3v) is 3.58. The molecule has 0 aliphatic rings. The van der Waals surface area contributed by atoms with E-state index in [0.717, 1.165) is 10.9 Å². The first kappa shape index (κ1) is 14.1. The Balaban J connectivity index is 1.89. The van der Waals surface area contributed by atoms with Gasteiger partial charge in [-0.05, 0) is 31.2 Å². The number of aromatic amines is 1. The van der Waals surface area contributed by atoms with Crippen LogP contribution >= 0.6 is 0 Å². The molecular formula is C17H14N6O. The second-order valence-corrected chi connectivity index (χ2v) is 5.30. The van der Waals surface area contributed by atoms with Crippen molar-refractivity contribution >= 4 is 22.7 Å². The van der Waals surface area contributed by atoms with Crippen LogP contribution in [-0.2, 0) is 0 Å². The van der Waals surface area contributed by atoms with E-state index in [-0.39, 0.29) is 5.75 Å². The molecule has 0 aliphatic heterocycles. The standard InChI is InChI=1S/C17H14N6O/c1-10-18-17(23-22-10)21-15-11-6-2-4-8-13(11)19-16(20-15)12-7-3-5-9-14(12)24/h2-9,24H,1H3,(H2,18,19,20,21,22,23). The summed E-state index contributed by atoms with van der Waals surface area (Å²) in [4.78, 5) is 13.4. The molecule has 2 aromatic carbocycles. The summed E-state index contributed by atoms with van der Waals surface area (Å²) in [5.41, 5.74) is 1.33. The fraction of sp³-hybridized carbons (Fsp3) is 0.0588. The first-order valence-corrected chi connectivity index (χ1v) is 7.42. The zero-order valence-corrected chi connectivity index (χ0v) is 12.9. The largest absolute Gasteiger partial charge is 0.507 e. The quantitative estimate of drug-likeness (QED) is 0.536. The summed E-state index contributed by atoms with van der Waals surface area (Å²) in [5, 5.41) is 20.9. The van der Waals surface area contributed by atoms with Crippen molar-refractivity contribution in [2.24, 2.45) is 0 Å². The Morgan fingerprint density at radius 3 is 2.54 bits per heavy atom. The van der Waals surface area contributed by atoms with Gasteiger partial charge >= 0.3 is 0 Å². The van der Waals surface area contributed by atoms with Crippen LogP contribution in [0.5, 0.6) is 5.75 Å². The molecule has 0 aliphatic carbocycles. The van der Waals surface area contributed by atoms with Crippen molar-refractivity contribution in [1.29, 1.82) is 0 Å². The SMILES string of the molecule is Cc1nc(Nc2nc(-c3ccccc3O)nc3ccccc23)n[nH]1. The smallest absolute Gasteiger partial charge is 0.247 e. The molecule has 3 N–H and O–H groups in total. The molecule has 0 radical (unpaired) electrons. The van der Waals surface area contributed by atoms with Crippen molar-refractivity contribution in [1.82, 2.24) is 25.1 Å². The number of hydrogen-bond acceptors (Lipinski definition) is 6. The number of aromatic hydroxyl groups is 1. The molecule has 0 spiro atoms. The number of hydrogen-bond donors (Lipinski definition) is 3. The lowest BCUT2D eigenvalue weighted by molar-refractivity contribution is 0.477. The van der Waals surface area contributed by atoms with Crippen LogP contribution in [0.4, 0.5) is 11.8 Å². The molecule has 2 aromatic heterocycles. The lowest BCUT2D eigenvalue weighted by atomic mass is 10.1. The van der Waals surface area contributed by atoms with Crippen LogP contribution in [-0.4, -0.2) is 30.3 Å². The number of aryl methyl sites for hydroxylation is 1. The summed E-state index contributed by atoms with van der Waals surface area (Å²) < 4.78 is 0. The van der Waals surface area contributed by atoms with Crippen LogP contribution in [0, 0.1) is 6.92 Å². The number of nitrogens with zero attached hydrogens (tertiary/aromatic N) is 4.